The SMILES string of the molecule is CC(=O)N1N=C(c2ccccc2)CC12Cc1ccccc12. The number of carbonyl (C=O) groups is 1. The lowest BCUT2D eigenvalue weighted by atomic mass is 9.67. The summed E-state index contributed by atoms with van der Waals surface area (Å²) < 4.78 is 0. The fraction of sp³-hybridized carbons (Fsp3) is 0.222. The monoisotopic (exact) mass is 276 g/mol. The third-order valence-electron chi connectivity index (χ3n) is 4.49. The number of rotatable bonds is 1. The van der Waals surface area contributed by atoms with Crippen LogP contribution in [0.15, 0.2) is 59.7 Å². The molecule has 1 aliphatic heterocycles. The van der Waals surface area contributed by atoms with E-state index in [1.54, 1.807) is 11.9 Å². The average molecular weight is 276 g/mol. The van der Waals surface area contributed by atoms with Gasteiger partial charge in [0.05, 0.1) is 5.71 Å². The quantitative estimate of drug-likeness (QED) is 0.787. The Morgan fingerprint density at radius 2 is 1.76 bits per heavy atom. The minimum Gasteiger partial charge on any atom is -0.273 e. The van der Waals surface area contributed by atoms with E-state index < -0.39 is 0 Å². The topological polar surface area (TPSA) is 32.7 Å². The Balaban J connectivity index is 1.78. The number of carbonyl (C=O) groups excluding carboxylic acids is 1. The predicted octanol–water partition coefficient (Wildman–Crippen LogP) is 3.09. The van der Waals surface area contributed by atoms with Gasteiger partial charge in [0.1, 0.15) is 5.54 Å². The zero-order valence-electron chi connectivity index (χ0n) is 11.9. The molecule has 1 amide bonds. The van der Waals surface area contributed by atoms with Crippen LogP contribution in [-0.2, 0) is 16.8 Å². The maximum absolute atomic E-state index is 12.1. The summed E-state index contributed by atoms with van der Waals surface area (Å²) in [6.07, 6.45) is 1.69. The van der Waals surface area contributed by atoms with E-state index in [0.717, 1.165) is 24.1 Å². The highest BCUT2D eigenvalue weighted by atomic mass is 16.2. The molecule has 0 bridgehead atoms. The molecule has 0 aromatic heterocycles. The lowest BCUT2D eigenvalue weighted by molar-refractivity contribution is -0.135. The molecule has 2 aliphatic rings. The highest BCUT2D eigenvalue weighted by Crippen LogP contribution is 2.50. The van der Waals surface area contributed by atoms with E-state index in [4.69, 9.17) is 0 Å². The molecular formula is C18H16N2O. The molecule has 1 atom stereocenters. The van der Waals surface area contributed by atoms with Gasteiger partial charge in [-0.15, -0.1) is 0 Å². The van der Waals surface area contributed by atoms with Gasteiger partial charge in [-0.1, -0.05) is 54.6 Å². The summed E-state index contributed by atoms with van der Waals surface area (Å²) in [4.78, 5) is 12.1. The minimum atomic E-state index is -0.256. The van der Waals surface area contributed by atoms with Gasteiger partial charge in [0, 0.05) is 19.8 Å². The first-order chi connectivity index (χ1) is 10.2. The Labute approximate surface area is 123 Å². The molecule has 3 heteroatoms. The third kappa shape index (κ3) is 1.67. The van der Waals surface area contributed by atoms with Crippen molar-refractivity contribution in [2.24, 2.45) is 5.10 Å². The molecule has 0 N–H and O–H groups in total. The van der Waals surface area contributed by atoms with E-state index in [1.165, 1.54) is 11.1 Å². The van der Waals surface area contributed by atoms with Crippen LogP contribution in [0.2, 0.25) is 0 Å². The summed E-state index contributed by atoms with van der Waals surface area (Å²) in [6, 6.07) is 18.5. The van der Waals surface area contributed by atoms with E-state index in [9.17, 15) is 4.79 Å². The van der Waals surface area contributed by atoms with Gasteiger partial charge in [-0.05, 0) is 16.7 Å². The minimum absolute atomic E-state index is 0.00966. The molecule has 3 nitrogen and oxygen atoms in total. The van der Waals surface area contributed by atoms with Crippen molar-refractivity contribution in [3.05, 3.63) is 71.3 Å². The molecule has 104 valence electrons. The molecule has 4 rings (SSSR count). The number of amides is 1. The lowest BCUT2D eigenvalue weighted by Crippen LogP contribution is -2.50. The van der Waals surface area contributed by atoms with E-state index in [2.05, 4.69) is 35.4 Å². The molecule has 0 saturated heterocycles. The first-order valence-corrected chi connectivity index (χ1v) is 7.23. The maximum atomic E-state index is 12.1. The fourth-order valence-corrected chi connectivity index (χ4v) is 3.54. The number of nitrogens with zero attached hydrogens (tertiary/aromatic N) is 2. The van der Waals surface area contributed by atoms with Crippen LogP contribution in [0.1, 0.15) is 30.0 Å². The van der Waals surface area contributed by atoms with Crippen molar-refractivity contribution in [3.63, 3.8) is 0 Å². The van der Waals surface area contributed by atoms with Gasteiger partial charge in [-0.2, -0.15) is 5.10 Å². The van der Waals surface area contributed by atoms with E-state index in [-0.39, 0.29) is 11.4 Å². The molecule has 1 heterocycles. The Morgan fingerprint density at radius 3 is 2.48 bits per heavy atom. The van der Waals surface area contributed by atoms with Gasteiger partial charge in [0.25, 0.3) is 0 Å². The van der Waals surface area contributed by atoms with E-state index >= 15 is 0 Å². The van der Waals surface area contributed by atoms with Crippen molar-refractivity contribution in [2.45, 2.75) is 25.3 Å². The highest BCUT2D eigenvalue weighted by molar-refractivity contribution is 6.04. The second kappa shape index (κ2) is 4.29. The molecule has 0 fully saturated rings. The van der Waals surface area contributed by atoms with E-state index in [1.807, 2.05) is 24.3 Å². The normalized spacial score (nSPS) is 22.7. The largest absolute Gasteiger partial charge is 0.273 e. The van der Waals surface area contributed by atoms with Gasteiger partial charge >= 0.3 is 0 Å². The molecule has 0 radical (unpaired) electrons. The van der Waals surface area contributed by atoms with Crippen LogP contribution in [0.3, 0.4) is 0 Å². The number of hydrazone groups is 1. The van der Waals surface area contributed by atoms with Crippen molar-refractivity contribution in [2.75, 3.05) is 0 Å². The van der Waals surface area contributed by atoms with E-state index in [0.29, 0.717) is 0 Å². The van der Waals surface area contributed by atoms with Crippen LogP contribution in [-0.4, -0.2) is 16.6 Å². The standard InChI is InChI=1S/C18H16N2O/c1-13(21)20-18(11-15-9-5-6-10-16(15)18)12-17(19-20)14-7-3-2-4-8-14/h2-10H,11-12H2,1H3. The Hall–Kier alpha value is -2.42. The molecule has 2 aromatic rings. The first-order valence-electron chi connectivity index (χ1n) is 7.23. The van der Waals surface area contributed by atoms with Crippen molar-refractivity contribution in [1.29, 1.82) is 0 Å². The number of hydrogen-bond donors (Lipinski definition) is 0. The van der Waals surface area contributed by atoms with Crippen molar-refractivity contribution < 1.29 is 4.79 Å². The van der Waals surface area contributed by atoms with Crippen LogP contribution < -0.4 is 0 Å². The molecule has 21 heavy (non-hydrogen) atoms. The van der Waals surface area contributed by atoms with Gasteiger partial charge in [-0.3, -0.25) is 4.79 Å². The van der Waals surface area contributed by atoms with Crippen LogP contribution in [0.5, 0.6) is 0 Å². The van der Waals surface area contributed by atoms with Crippen LogP contribution >= 0.6 is 0 Å². The average Bonchev–Trinajstić information content (AvgIpc) is 2.90. The van der Waals surface area contributed by atoms with Gasteiger partial charge in [-0.25, -0.2) is 5.01 Å². The summed E-state index contributed by atoms with van der Waals surface area (Å²) in [5.41, 5.74) is 4.42. The smallest absolute Gasteiger partial charge is 0.240 e. The molecule has 2 aromatic carbocycles. The van der Waals surface area contributed by atoms with Gasteiger partial charge < -0.3 is 0 Å². The molecule has 1 aliphatic carbocycles. The highest BCUT2D eigenvalue weighted by Gasteiger charge is 2.53. The maximum Gasteiger partial charge on any atom is 0.240 e. The second-order valence-electron chi connectivity index (χ2n) is 5.79. The second-order valence-corrected chi connectivity index (χ2v) is 5.79. The number of benzene rings is 2. The molecular weight excluding hydrogens is 260 g/mol. The molecule has 0 saturated carbocycles. The predicted molar refractivity (Wildman–Crippen MR) is 81.9 cm³/mol. The molecule has 1 spiro atoms. The summed E-state index contributed by atoms with van der Waals surface area (Å²) in [5.74, 6) is 0.00966. The molecule has 1 unspecified atom stereocenters. The number of fused-ring (bicyclic) bond motifs is 2. The summed E-state index contributed by atoms with van der Waals surface area (Å²) in [5, 5.41) is 6.32. The van der Waals surface area contributed by atoms with Crippen molar-refractivity contribution in [3.8, 4) is 0 Å². The summed E-state index contributed by atoms with van der Waals surface area (Å²) in [6.45, 7) is 1.60. The van der Waals surface area contributed by atoms with Crippen LogP contribution in [0.4, 0.5) is 0 Å². The number of hydrogen-bond acceptors (Lipinski definition) is 2. The Morgan fingerprint density at radius 1 is 1.05 bits per heavy atom. The Kier molecular flexibility index (Phi) is 2.52. The van der Waals surface area contributed by atoms with Gasteiger partial charge in [0.2, 0.25) is 5.91 Å². The van der Waals surface area contributed by atoms with Crippen molar-refractivity contribution >= 4 is 11.6 Å². The zero-order chi connectivity index (χ0) is 14.4. The first kappa shape index (κ1) is 12.3. The zero-order valence-corrected chi connectivity index (χ0v) is 11.9. The summed E-state index contributed by atoms with van der Waals surface area (Å²) in [7, 11) is 0. The van der Waals surface area contributed by atoms with Gasteiger partial charge in [0.15, 0.2) is 0 Å². The fourth-order valence-electron chi connectivity index (χ4n) is 3.54. The summed E-state index contributed by atoms with van der Waals surface area (Å²) >= 11 is 0. The lowest BCUT2D eigenvalue weighted by Gasteiger charge is -2.45. The van der Waals surface area contributed by atoms with Crippen LogP contribution in [0, 0.1) is 0 Å². The van der Waals surface area contributed by atoms with Crippen LogP contribution in [0.25, 0.3) is 0 Å². The Bertz CT molecular complexity index is 751. The van der Waals surface area contributed by atoms with Crippen molar-refractivity contribution in [1.82, 2.24) is 5.01 Å². The third-order valence-corrected chi connectivity index (χ3v) is 4.49.